The molecule has 1 aromatic carbocycles. The number of benzene rings is 1. The number of hydrogen-bond donors (Lipinski definition) is 1. The van der Waals surface area contributed by atoms with Crippen molar-refractivity contribution < 1.29 is 27.8 Å². The Morgan fingerprint density at radius 2 is 2.00 bits per heavy atom. The van der Waals surface area contributed by atoms with E-state index in [1.165, 1.54) is 18.2 Å². The number of hydrogen-bond acceptors (Lipinski definition) is 2. The monoisotopic (exact) mass is 260 g/mol. The third-order valence-corrected chi connectivity index (χ3v) is 2.98. The minimum Gasteiger partial charge on any atom is -0.481 e. The number of alkyl halides is 3. The highest BCUT2D eigenvalue weighted by molar-refractivity contribution is 5.71. The van der Waals surface area contributed by atoms with E-state index in [4.69, 9.17) is 9.84 Å². The van der Waals surface area contributed by atoms with Crippen LogP contribution in [-0.4, -0.2) is 17.7 Å². The van der Waals surface area contributed by atoms with Gasteiger partial charge < -0.3 is 9.84 Å². The van der Waals surface area contributed by atoms with E-state index in [-0.39, 0.29) is 18.6 Å². The second-order valence-electron chi connectivity index (χ2n) is 4.11. The molecular weight excluding hydrogens is 249 g/mol. The molecule has 1 aromatic rings. The number of aliphatic carboxylic acids is 1. The molecule has 0 bridgehead atoms. The SMILES string of the molecule is O=C(O)[C@@H]1CCO[C@H]1c1ccccc1C(F)(F)F. The predicted octanol–water partition coefficient (Wildman–Crippen LogP) is 2.87. The lowest BCUT2D eigenvalue weighted by Crippen LogP contribution is -2.20. The van der Waals surface area contributed by atoms with Gasteiger partial charge in [-0.15, -0.1) is 0 Å². The number of ether oxygens (including phenoxy) is 1. The molecule has 18 heavy (non-hydrogen) atoms. The van der Waals surface area contributed by atoms with E-state index in [1.54, 1.807) is 0 Å². The Hall–Kier alpha value is -1.56. The number of carboxylic acids is 1. The molecule has 1 aliphatic heterocycles. The third kappa shape index (κ3) is 2.33. The van der Waals surface area contributed by atoms with Crippen molar-refractivity contribution in [2.75, 3.05) is 6.61 Å². The number of carbonyl (C=O) groups is 1. The molecule has 2 rings (SSSR count). The zero-order valence-corrected chi connectivity index (χ0v) is 9.28. The fraction of sp³-hybridized carbons (Fsp3) is 0.417. The Morgan fingerprint density at radius 1 is 1.33 bits per heavy atom. The van der Waals surface area contributed by atoms with Gasteiger partial charge in [0.1, 0.15) is 0 Å². The van der Waals surface area contributed by atoms with Crippen molar-refractivity contribution in [2.24, 2.45) is 5.92 Å². The highest BCUT2D eigenvalue weighted by Gasteiger charge is 2.41. The van der Waals surface area contributed by atoms with Crippen LogP contribution >= 0.6 is 0 Å². The van der Waals surface area contributed by atoms with E-state index >= 15 is 0 Å². The maximum atomic E-state index is 12.8. The molecule has 3 nitrogen and oxygen atoms in total. The lowest BCUT2D eigenvalue weighted by atomic mass is 9.92. The van der Waals surface area contributed by atoms with Crippen molar-refractivity contribution in [1.29, 1.82) is 0 Å². The summed E-state index contributed by atoms with van der Waals surface area (Å²) in [5.74, 6) is -2.05. The van der Waals surface area contributed by atoms with Gasteiger partial charge in [-0.25, -0.2) is 0 Å². The average Bonchev–Trinajstić information content (AvgIpc) is 2.76. The number of rotatable bonds is 2. The lowest BCUT2D eigenvalue weighted by Gasteiger charge is -2.20. The summed E-state index contributed by atoms with van der Waals surface area (Å²) in [6, 6.07) is 4.94. The van der Waals surface area contributed by atoms with Crippen LogP contribution in [-0.2, 0) is 15.7 Å². The highest BCUT2D eigenvalue weighted by Crippen LogP contribution is 2.41. The van der Waals surface area contributed by atoms with Gasteiger partial charge >= 0.3 is 12.1 Å². The standard InChI is InChI=1S/C12H11F3O3/c13-12(14,15)9-4-2-1-3-7(9)10-8(11(16)17)5-6-18-10/h1-4,8,10H,5-6H2,(H,16,17)/t8-,10+/m1/s1. The molecule has 1 saturated heterocycles. The summed E-state index contributed by atoms with van der Waals surface area (Å²) < 4.78 is 43.6. The molecule has 1 heterocycles. The first-order valence-corrected chi connectivity index (χ1v) is 5.42. The summed E-state index contributed by atoms with van der Waals surface area (Å²) >= 11 is 0. The molecule has 1 N–H and O–H groups in total. The zero-order valence-electron chi connectivity index (χ0n) is 9.28. The first kappa shape index (κ1) is 12.9. The van der Waals surface area contributed by atoms with Crippen LogP contribution in [0.15, 0.2) is 24.3 Å². The first-order chi connectivity index (χ1) is 8.41. The van der Waals surface area contributed by atoms with Crippen LogP contribution in [0.3, 0.4) is 0 Å². The minimum atomic E-state index is -4.51. The van der Waals surface area contributed by atoms with Gasteiger partial charge in [0.05, 0.1) is 17.6 Å². The second kappa shape index (κ2) is 4.61. The van der Waals surface area contributed by atoms with E-state index in [0.717, 1.165) is 6.07 Å². The van der Waals surface area contributed by atoms with Gasteiger partial charge in [0.2, 0.25) is 0 Å². The van der Waals surface area contributed by atoms with Crippen LogP contribution in [0.5, 0.6) is 0 Å². The predicted molar refractivity (Wildman–Crippen MR) is 55.9 cm³/mol. The Morgan fingerprint density at radius 3 is 2.61 bits per heavy atom. The van der Waals surface area contributed by atoms with Crippen molar-refractivity contribution in [1.82, 2.24) is 0 Å². The molecule has 0 aliphatic carbocycles. The Kier molecular flexibility index (Phi) is 3.30. The van der Waals surface area contributed by atoms with E-state index in [2.05, 4.69) is 0 Å². The summed E-state index contributed by atoms with van der Waals surface area (Å²) in [4.78, 5) is 11.0. The quantitative estimate of drug-likeness (QED) is 0.889. The van der Waals surface area contributed by atoms with Crippen LogP contribution < -0.4 is 0 Å². The van der Waals surface area contributed by atoms with E-state index in [9.17, 15) is 18.0 Å². The van der Waals surface area contributed by atoms with Gasteiger partial charge in [-0.05, 0) is 18.1 Å². The van der Waals surface area contributed by atoms with Crippen molar-refractivity contribution in [3.05, 3.63) is 35.4 Å². The van der Waals surface area contributed by atoms with Crippen LogP contribution in [0.2, 0.25) is 0 Å². The maximum Gasteiger partial charge on any atom is 0.416 e. The van der Waals surface area contributed by atoms with Crippen molar-refractivity contribution in [2.45, 2.75) is 18.7 Å². The summed E-state index contributed by atoms with van der Waals surface area (Å²) in [5.41, 5.74) is -0.932. The Balaban J connectivity index is 2.42. The number of halogens is 3. The van der Waals surface area contributed by atoms with Crippen LogP contribution in [0.25, 0.3) is 0 Å². The van der Waals surface area contributed by atoms with Crippen molar-refractivity contribution >= 4 is 5.97 Å². The molecule has 0 unspecified atom stereocenters. The zero-order chi connectivity index (χ0) is 13.3. The fourth-order valence-corrected chi connectivity index (χ4v) is 2.15. The van der Waals surface area contributed by atoms with Crippen LogP contribution in [0.1, 0.15) is 23.7 Å². The Labute approximate surface area is 101 Å². The summed E-state index contributed by atoms with van der Waals surface area (Å²) in [6.45, 7) is 0.161. The van der Waals surface area contributed by atoms with Crippen molar-refractivity contribution in [3.63, 3.8) is 0 Å². The largest absolute Gasteiger partial charge is 0.481 e. The fourth-order valence-electron chi connectivity index (χ4n) is 2.15. The molecule has 0 amide bonds. The van der Waals surface area contributed by atoms with Gasteiger partial charge in [-0.2, -0.15) is 13.2 Å². The highest BCUT2D eigenvalue weighted by atomic mass is 19.4. The first-order valence-electron chi connectivity index (χ1n) is 5.42. The molecule has 0 aromatic heterocycles. The molecular formula is C12H11F3O3. The normalized spacial score (nSPS) is 24.2. The average molecular weight is 260 g/mol. The molecule has 1 fully saturated rings. The molecule has 6 heteroatoms. The van der Waals surface area contributed by atoms with Crippen LogP contribution in [0.4, 0.5) is 13.2 Å². The van der Waals surface area contributed by atoms with Gasteiger partial charge in [-0.3, -0.25) is 4.79 Å². The third-order valence-electron chi connectivity index (χ3n) is 2.98. The van der Waals surface area contributed by atoms with Gasteiger partial charge in [-0.1, -0.05) is 18.2 Å². The van der Waals surface area contributed by atoms with Gasteiger partial charge in [0.15, 0.2) is 0 Å². The molecule has 2 atom stereocenters. The van der Waals surface area contributed by atoms with Crippen molar-refractivity contribution in [3.8, 4) is 0 Å². The van der Waals surface area contributed by atoms with Crippen LogP contribution in [0, 0.1) is 5.92 Å². The Bertz CT molecular complexity index is 456. The maximum absolute atomic E-state index is 12.8. The smallest absolute Gasteiger partial charge is 0.416 e. The molecule has 0 radical (unpaired) electrons. The second-order valence-corrected chi connectivity index (χ2v) is 4.11. The van der Waals surface area contributed by atoms with Gasteiger partial charge in [0, 0.05) is 6.61 Å². The summed E-state index contributed by atoms with van der Waals surface area (Å²) in [5, 5.41) is 8.98. The van der Waals surface area contributed by atoms with E-state index in [0.29, 0.717) is 0 Å². The minimum absolute atomic E-state index is 0.102. The topological polar surface area (TPSA) is 46.5 Å². The van der Waals surface area contributed by atoms with E-state index < -0.39 is 29.7 Å². The molecule has 0 saturated carbocycles. The molecule has 0 spiro atoms. The van der Waals surface area contributed by atoms with Gasteiger partial charge in [0.25, 0.3) is 0 Å². The number of carboxylic acid groups (broad SMARTS) is 1. The molecule has 98 valence electrons. The van der Waals surface area contributed by atoms with E-state index in [1.807, 2.05) is 0 Å². The lowest BCUT2D eigenvalue weighted by molar-refractivity contribution is -0.146. The molecule has 1 aliphatic rings. The summed E-state index contributed by atoms with van der Waals surface area (Å²) in [7, 11) is 0. The summed E-state index contributed by atoms with van der Waals surface area (Å²) in [6.07, 6.45) is -5.31.